The Morgan fingerprint density at radius 3 is 2.59 bits per heavy atom. The van der Waals surface area contributed by atoms with Crippen molar-refractivity contribution >= 4 is 17.3 Å². The fourth-order valence-electron chi connectivity index (χ4n) is 4.33. The fraction of sp³-hybridized carbons (Fsp3) is 0.172. The second kappa shape index (κ2) is 10.9. The van der Waals surface area contributed by atoms with E-state index in [-0.39, 0.29) is 6.04 Å². The van der Waals surface area contributed by atoms with Gasteiger partial charge in [0, 0.05) is 29.7 Å². The van der Waals surface area contributed by atoms with E-state index in [2.05, 4.69) is 41.3 Å². The van der Waals surface area contributed by atoms with Gasteiger partial charge < -0.3 is 10.5 Å². The minimum Gasteiger partial charge on any atom is -0.497 e. The largest absolute Gasteiger partial charge is 0.497 e. The van der Waals surface area contributed by atoms with Crippen LogP contribution in [0, 0.1) is 0 Å². The molecule has 37 heavy (non-hydrogen) atoms. The van der Waals surface area contributed by atoms with Crippen LogP contribution in [0.5, 0.6) is 5.75 Å². The molecule has 0 radical (unpaired) electrons. The summed E-state index contributed by atoms with van der Waals surface area (Å²) in [7, 11) is 1.65. The Bertz CT molecular complexity index is 1530. The molecule has 0 aliphatic carbocycles. The Morgan fingerprint density at radius 1 is 1.05 bits per heavy atom. The molecule has 1 atom stereocenters. The van der Waals surface area contributed by atoms with E-state index in [1.54, 1.807) is 19.5 Å². The lowest BCUT2D eigenvalue weighted by Crippen LogP contribution is -2.09. The van der Waals surface area contributed by atoms with E-state index < -0.39 is 0 Å². The van der Waals surface area contributed by atoms with E-state index in [0.717, 1.165) is 34.5 Å². The number of aliphatic imine (C=N–C) groups is 1. The third kappa shape index (κ3) is 5.13. The Kier molecular flexibility index (Phi) is 7.07. The molecule has 0 aliphatic rings. The van der Waals surface area contributed by atoms with Crippen LogP contribution >= 0.6 is 0 Å². The van der Waals surface area contributed by atoms with Gasteiger partial charge in [-0.05, 0) is 35.7 Å². The zero-order valence-electron chi connectivity index (χ0n) is 20.9. The Labute approximate surface area is 215 Å². The van der Waals surface area contributed by atoms with Gasteiger partial charge in [0.1, 0.15) is 5.75 Å². The molecule has 0 spiro atoms. The van der Waals surface area contributed by atoms with Gasteiger partial charge in [0.15, 0.2) is 0 Å². The van der Waals surface area contributed by atoms with Crippen LogP contribution in [-0.4, -0.2) is 37.7 Å². The van der Waals surface area contributed by atoms with Crippen molar-refractivity contribution in [3.8, 4) is 17.0 Å². The van der Waals surface area contributed by atoms with Gasteiger partial charge in [-0.2, -0.15) is 10.2 Å². The lowest BCUT2D eigenvalue weighted by Gasteiger charge is -2.15. The molecule has 3 aromatic heterocycles. The fourth-order valence-corrected chi connectivity index (χ4v) is 4.33. The van der Waals surface area contributed by atoms with Gasteiger partial charge in [0.05, 0.1) is 55.2 Å². The predicted molar refractivity (Wildman–Crippen MR) is 146 cm³/mol. The molecule has 5 aromatic rings. The number of nitrogens with two attached hydrogens (primary N) is 1. The molecule has 0 bridgehead atoms. The number of allylic oxidation sites excluding steroid dienone is 1. The SMILES string of the molecule is CCC(c1ccccc1)n1cc(-c2nc(C(C=NCc3ccc(OC)cc3)=CN)cn3nccc23)cn1. The van der Waals surface area contributed by atoms with Gasteiger partial charge in [0.2, 0.25) is 0 Å². The number of methoxy groups -OCH3 is 1. The first kappa shape index (κ1) is 24.0. The van der Waals surface area contributed by atoms with E-state index in [1.165, 1.54) is 11.8 Å². The van der Waals surface area contributed by atoms with Crippen molar-refractivity contribution in [2.24, 2.45) is 10.7 Å². The Hall–Kier alpha value is -4.72. The molecule has 8 nitrogen and oxygen atoms in total. The Balaban J connectivity index is 1.44. The lowest BCUT2D eigenvalue weighted by atomic mass is 10.1. The normalized spacial score (nSPS) is 12.9. The number of hydrogen-bond acceptors (Lipinski definition) is 6. The summed E-state index contributed by atoms with van der Waals surface area (Å²) in [5, 5.41) is 9.15. The summed E-state index contributed by atoms with van der Waals surface area (Å²) in [5.74, 6) is 0.817. The molecule has 0 fully saturated rings. The zero-order chi connectivity index (χ0) is 25.6. The number of rotatable bonds is 9. The van der Waals surface area contributed by atoms with Crippen LogP contribution in [0.4, 0.5) is 0 Å². The minimum atomic E-state index is 0.142. The highest BCUT2D eigenvalue weighted by atomic mass is 16.5. The van der Waals surface area contributed by atoms with Crippen molar-refractivity contribution in [2.75, 3.05) is 7.11 Å². The second-order valence-electron chi connectivity index (χ2n) is 8.62. The smallest absolute Gasteiger partial charge is 0.118 e. The number of hydrogen-bond donors (Lipinski definition) is 1. The summed E-state index contributed by atoms with van der Waals surface area (Å²) in [4.78, 5) is 9.55. The van der Waals surface area contributed by atoms with Crippen LogP contribution in [0.2, 0.25) is 0 Å². The summed E-state index contributed by atoms with van der Waals surface area (Å²) in [5.41, 5.74) is 12.3. The van der Waals surface area contributed by atoms with Gasteiger partial charge in [0.25, 0.3) is 0 Å². The highest BCUT2D eigenvalue weighted by Gasteiger charge is 2.17. The van der Waals surface area contributed by atoms with E-state index >= 15 is 0 Å². The lowest BCUT2D eigenvalue weighted by molar-refractivity contribution is 0.414. The van der Waals surface area contributed by atoms with Crippen molar-refractivity contribution in [3.05, 3.63) is 108 Å². The average Bonchev–Trinajstić information content (AvgIpc) is 3.62. The topological polar surface area (TPSA) is 95.6 Å². The molecular formula is C29H29N7O. The van der Waals surface area contributed by atoms with Crippen LogP contribution < -0.4 is 10.5 Å². The number of aromatic nitrogens is 5. The van der Waals surface area contributed by atoms with Crippen molar-refractivity contribution in [2.45, 2.75) is 25.9 Å². The molecule has 0 saturated heterocycles. The van der Waals surface area contributed by atoms with Crippen molar-refractivity contribution < 1.29 is 4.74 Å². The van der Waals surface area contributed by atoms with Crippen molar-refractivity contribution in [3.63, 3.8) is 0 Å². The number of nitrogens with zero attached hydrogens (tertiary/aromatic N) is 6. The van der Waals surface area contributed by atoms with Gasteiger partial charge in [-0.3, -0.25) is 9.67 Å². The summed E-state index contributed by atoms with van der Waals surface area (Å²) >= 11 is 0. The monoisotopic (exact) mass is 491 g/mol. The first-order valence-corrected chi connectivity index (χ1v) is 12.2. The van der Waals surface area contributed by atoms with Crippen LogP contribution in [0.1, 0.15) is 36.2 Å². The van der Waals surface area contributed by atoms with Gasteiger partial charge >= 0.3 is 0 Å². The molecular weight excluding hydrogens is 462 g/mol. The van der Waals surface area contributed by atoms with Gasteiger partial charge in [-0.1, -0.05) is 49.4 Å². The summed E-state index contributed by atoms with van der Waals surface area (Å²) in [6, 6.07) is 20.3. The summed E-state index contributed by atoms with van der Waals surface area (Å²) in [6.45, 7) is 2.68. The molecule has 2 N–H and O–H groups in total. The maximum absolute atomic E-state index is 6.00. The standard InChI is InChI=1S/C29H29N7O/c1-3-27(22-7-5-4-6-8-22)35-19-24(18-33-35)29-28-13-14-32-36(28)20-26(34-29)23(15-30)17-31-16-21-9-11-25(37-2)12-10-21/h4-15,17-20,27H,3,16,30H2,1-2H3. The number of ether oxygens (including phenoxy) is 1. The maximum atomic E-state index is 6.00. The maximum Gasteiger partial charge on any atom is 0.118 e. The highest BCUT2D eigenvalue weighted by molar-refractivity contribution is 6.09. The van der Waals surface area contributed by atoms with Crippen LogP contribution in [-0.2, 0) is 6.54 Å². The van der Waals surface area contributed by atoms with E-state index in [1.807, 2.05) is 64.2 Å². The molecule has 8 heteroatoms. The van der Waals surface area contributed by atoms with E-state index in [9.17, 15) is 0 Å². The highest BCUT2D eigenvalue weighted by Crippen LogP contribution is 2.28. The third-order valence-electron chi connectivity index (χ3n) is 6.29. The zero-order valence-corrected chi connectivity index (χ0v) is 20.9. The molecule has 0 saturated carbocycles. The van der Waals surface area contributed by atoms with Gasteiger partial charge in [-0.25, -0.2) is 9.50 Å². The third-order valence-corrected chi connectivity index (χ3v) is 6.29. The number of benzene rings is 2. The second-order valence-corrected chi connectivity index (χ2v) is 8.62. The molecule has 2 aromatic carbocycles. The molecule has 0 amide bonds. The van der Waals surface area contributed by atoms with Crippen molar-refractivity contribution in [1.82, 2.24) is 24.4 Å². The van der Waals surface area contributed by atoms with Gasteiger partial charge in [-0.15, -0.1) is 0 Å². The summed E-state index contributed by atoms with van der Waals surface area (Å²) in [6.07, 6.45) is 11.7. The molecule has 5 rings (SSSR count). The Morgan fingerprint density at radius 2 is 1.86 bits per heavy atom. The predicted octanol–water partition coefficient (Wildman–Crippen LogP) is 5.17. The first-order chi connectivity index (χ1) is 18.2. The quantitative estimate of drug-likeness (QED) is 0.287. The van der Waals surface area contributed by atoms with Crippen LogP contribution in [0.3, 0.4) is 0 Å². The van der Waals surface area contributed by atoms with Crippen LogP contribution in [0.15, 0.2) is 96.6 Å². The van der Waals surface area contributed by atoms with Crippen LogP contribution in [0.25, 0.3) is 22.3 Å². The average molecular weight is 492 g/mol. The van der Waals surface area contributed by atoms with E-state index in [0.29, 0.717) is 17.8 Å². The summed E-state index contributed by atoms with van der Waals surface area (Å²) < 4.78 is 9.03. The molecule has 1 unspecified atom stereocenters. The van der Waals surface area contributed by atoms with Crippen molar-refractivity contribution in [1.29, 1.82) is 0 Å². The molecule has 3 heterocycles. The molecule has 0 aliphatic heterocycles. The first-order valence-electron chi connectivity index (χ1n) is 12.2. The molecule has 186 valence electrons. The number of fused-ring (bicyclic) bond motifs is 1. The minimum absolute atomic E-state index is 0.142. The van der Waals surface area contributed by atoms with E-state index in [4.69, 9.17) is 20.6 Å².